The van der Waals surface area contributed by atoms with Crippen molar-refractivity contribution in [2.24, 2.45) is 0 Å². The molecule has 1 N–H and O–H groups in total. The number of carbonyl (C=O) groups excluding carboxylic acids is 1. The molecule has 1 fully saturated rings. The summed E-state index contributed by atoms with van der Waals surface area (Å²) in [6.45, 7) is 0.271. The number of halogens is 4. The number of ketones is 1. The molecule has 1 aliphatic heterocycles. The van der Waals surface area contributed by atoms with E-state index in [-0.39, 0.29) is 29.4 Å². The van der Waals surface area contributed by atoms with Crippen LogP contribution in [0.15, 0.2) is 46.8 Å². The number of alkyl halides is 3. The van der Waals surface area contributed by atoms with Gasteiger partial charge in [-0.2, -0.15) is 17.5 Å². The maximum absolute atomic E-state index is 12.9. The van der Waals surface area contributed by atoms with Gasteiger partial charge in [0.05, 0.1) is 27.8 Å². The van der Waals surface area contributed by atoms with Crippen LogP contribution in [-0.2, 0) is 27.4 Å². The van der Waals surface area contributed by atoms with Gasteiger partial charge >= 0.3 is 6.18 Å². The number of thiophene rings is 1. The summed E-state index contributed by atoms with van der Waals surface area (Å²) in [5.74, 6) is 0.293. The van der Waals surface area contributed by atoms with Crippen LogP contribution in [0.3, 0.4) is 0 Å². The molecule has 6 nitrogen and oxygen atoms in total. The first kappa shape index (κ1) is 23.9. The van der Waals surface area contributed by atoms with Gasteiger partial charge < -0.3 is 4.98 Å². The molecule has 0 bridgehead atoms. The molecule has 2 aromatic heterocycles. The van der Waals surface area contributed by atoms with Crippen molar-refractivity contribution in [2.75, 3.05) is 6.54 Å². The SMILES string of the molecule is O=C(CCc1ncc(-c2ccc(C(F)(F)F)cc2)[nH]1)[C@@H]1CCCN1S(=O)(=O)c1ccc(Cl)s1. The second kappa shape index (κ2) is 9.21. The first-order valence-corrected chi connectivity index (χ1v) is 12.7. The third-order valence-electron chi connectivity index (χ3n) is 5.45. The zero-order valence-corrected chi connectivity index (χ0v) is 19.5. The summed E-state index contributed by atoms with van der Waals surface area (Å²) in [6, 6.07) is 6.91. The van der Waals surface area contributed by atoms with E-state index in [1.807, 2.05) is 0 Å². The van der Waals surface area contributed by atoms with Gasteiger partial charge in [-0.15, -0.1) is 11.3 Å². The second-order valence-corrected chi connectivity index (χ2v) is 11.4. The van der Waals surface area contributed by atoms with Crippen LogP contribution in [0.2, 0.25) is 4.34 Å². The zero-order valence-electron chi connectivity index (χ0n) is 17.1. The van der Waals surface area contributed by atoms with Crippen LogP contribution >= 0.6 is 22.9 Å². The number of sulfonamides is 1. The predicted octanol–water partition coefficient (Wildman–Crippen LogP) is 5.17. The van der Waals surface area contributed by atoms with Gasteiger partial charge in [0.1, 0.15) is 10.0 Å². The van der Waals surface area contributed by atoms with Crippen LogP contribution < -0.4 is 0 Å². The van der Waals surface area contributed by atoms with Crippen LogP contribution in [0.1, 0.15) is 30.7 Å². The van der Waals surface area contributed by atoms with Gasteiger partial charge in [-0.25, -0.2) is 13.4 Å². The van der Waals surface area contributed by atoms with Crippen molar-refractivity contribution in [1.82, 2.24) is 14.3 Å². The second-order valence-electron chi connectivity index (χ2n) is 7.62. The van der Waals surface area contributed by atoms with Crippen molar-refractivity contribution < 1.29 is 26.4 Å². The molecule has 33 heavy (non-hydrogen) atoms. The number of carbonyl (C=O) groups is 1. The predicted molar refractivity (Wildman–Crippen MR) is 119 cm³/mol. The molecule has 3 aromatic rings. The summed E-state index contributed by atoms with van der Waals surface area (Å²) in [7, 11) is -3.80. The van der Waals surface area contributed by atoms with Gasteiger partial charge in [0.2, 0.25) is 0 Å². The number of aromatic nitrogens is 2. The van der Waals surface area contributed by atoms with Gasteiger partial charge in [-0.3, -0.25) is 4.79 Å². The lowest BCUT2D eigenvalue weighted by Gasteiger charge is -2.22. The average Bonchev–Trinajstić information content (AvgIpc) is 3.52. The summed E-state index contributed by atoms with van der Waals surface area (Å²) in [5.41, 5.74) is 0.332. The number of rotatable bonds is 7. The minimum atomic E-state index is -4.41. The van der Waals surface area contributed by atoms with Gasteiger partial charge in [0.15, 0.2) is 5.78 Å². The van der Waals surface area contributed by atoms with E-state index >= 15 is 0 Å². The molecular weight excluding hydrogens is 499 g/mol. The van der Waals surface area contributed by atoms with E-state index in [4.69, 9.17) is 11.6 Å². The van der Waals surface area contributed by atoms with Crippen molar-refractivity contribution in [3.05, 3.63) is 58.3 Å². The molecule has 176 valence electrons. The lowest BCUT2D eigenvalue weighted by molar-refractivity contribution is -0.137. The number of aryl methyl sites for hydroxylation is 1. The number of nitrogens with one attached hydrogen (secondary N) is 1. The van der Waals surface area contributed by atoms with Gasteiger partial charge in [-0.1, -0.05) is 23.7 Å². The Morgan fingerprint density at radius 1 is 1.21 bits per heavy atom. The number of imidazole rings is 1. The smallest absolute Gasteiger partial charge is 0.342 e. The highest BCUT2D eigenvalue weighted by molar-refractivity contribution is 7.91. The quantitative estimate of drug-likeness (QED) is 0.469. The van der Waals surface area contributed by atoms with E-state index in [9.17, 15) is 26.4 Å². The van der Waals surface area contributed by atoms with Crippen LogP contribution in [0.25, 0.3) is 11.3 Å². The Bertz CT molecular complexity index is 1250. The monoisotopic (exact) mass is 517 g/mol. The summed E-state index contributed by atoms with van der Waals surface area (Å²) >= 11 is 6.83. The number of Topliss-reactive ketones (excluding diaryl/α,β-unsaturated/α-hetero) is 1. The average molecular weight is 518 g/mol. The Hall–Kier alpha value is -2.21. The van der Waals surface area contributed by atoms with E-state index in [1.54, 1.807) is 0 Å². The molecule has 0 amide bonds. The van der Waals surface area contributed by atoms with Crippen molar-refractivity contribution in [1.29, 1.82) is 0 Å². The first-order valence-electron chi connectivity index (χ1n) is 10.1. The fraction of sp³-hybridized carbons (Fsp3) is 0.333. The zero-order chi connectivity index (χ0) is 23.8. The standard InChI is InChI=1S/C21H19ClF3N3O3S2/c22-18-8-10-20(32-18)33(30,31)28-11-1-2-16(28)17(29)7-9-19-26-12-15(27-19)13-3-5-14(6-4-13)21(23,24)25/h3-6,8,10,12,16H,1-2,7,9,11H2,(H,26,27)/t16-/m0/s1. The topological polar surface area (TPSA) is 83.1 Å². The Morgan fingerprint density at radius 3 is 2.58 bits per heavy atom. The number of benzene rings is 1. The first-order chi connectivity index (χ1) is 15.6. The largest absolute Gasteiger partial charge is 0.416 e. The Kier molecular flexibility index (Phi) is 6.68. The van der Waals surface area contributed by atoms with Crippen LogP contribution in [-0.4, -0.2) is 41.1 Å². The number of hydrogen-bond donors (Lipinski definition) is 1. The summed E-state index contributed by atoms with van der Waals surface area (Å²) in [5, 5.41) is 0. The molecule has 1 atom stereocenters. The number of aromatic amines is 1. The van der Waals surface area contributed by atoms with Crippen molar-refractivity contribution in [3.8, 4) is 11.3 Å². The molecule has 1 aromatic carbocycles. The number of nitrogens with zero attached hydrogens (tertiary/aromatic N) is 2. The lowest BCUT2D eigenvalue weighted by atomic mass is 10.1. The van der Waals surface area contributed by atoms with E-state index < -0.39 is 27.8 Å². The maximum Gasteiger partial charge on any atom is 0.416 e. The molecule has 4 rings (SSSR count). The van der Waals surface area contributed by atoms with Crippen LogP contribution in [0.4, 0.5) is 13.2 Å². The highest BCUT2D eigenvalue weighted by atomic mass is 35.5. The van der Waals surface area contributed by atoms with Crippen LogP contribution in [0.5, 0.6) is 0 Å². The fourth-order valence-corrected chi connectivity index (χ4v) is 7.08. The normalized spacial score (nSPS) is 17.5. The molecule has 0 radical (unpaired) electrons. The fourth-order valence-electron chi connectivity index (χ4n) is 3.78. The van der Waals surface area contributed by atoms with E-state index in [1.165, 1.54) is 34.8 Å². The van der Waals surface area contributed by atoms with E-state index in [2.05, 4.69) is 9.97 Å². The lowest BCUT2D eigenvalue weighted by Crippen LogP contribution is -2.40. The minimum Gasteiger partial charge on any atom is -0.342 e. The summed E-state index contributed by atoms with van der Waals surface area (Å²) < 4.78 is 65.7. The third kappa shape index (κ3) is 5.16. The molecule has 1 aliphatic rings. The Labute approximate surface area is 197 Å². The number of H-pyrrole nitrogens is 1. The van der Waals surface area contributed by atoms with Gasteiger partial charge in [0.25, 0.3) is 10.0 Å². The Balaban J connectivity index is 1.40. The molecule has 0 spiro atoms. The van der Waals surface area contributed by atoms with Gasteiger partial charge in [-0.05, 0) is 42.7 Å². The van der Waals surface area contributed by atoms with E-state index in [0.717, 1.165) is 23.5 Å². The molecule has 0 unspecified atom stereocenters. The molecule has 0 aliphatic carbocycles. The van der Waals surface area contributed by atoms with Crippen molar-refractivity contribution in [2.45, 2.75) is 42.1 Å². The van der Waals surface area contributed by atoms with Crippen molar-refractivity contribution >= 4 is 38.7 Å². The molecular formula is C21H19ClF3N3O3S2. The number of hydrogen-bond acceptors (Lipinski definition) is 5. The van der Waals surface area contributed by atoms with Crippen molar-refractivity contribution in [3.63, 3.8) is 0 Å². The summed E-state index contributed by atoms with van der Waals surface area (Å²) in [4.78, 5) is 20.1. The van der Waals surface area contributed by atoms with E-state index in [0.29, 0.717) is 34.3 Å². The highest BCUT2D eigenvalue weighted by Gasteiger charge is 2.39. The maximum atomic E-state index is 12.9. The Morgan fingerprint density at radius 2 is 1.94 bits per heavy atom. The molecule has 3 heterocycles. The third-order valence-corrected chi connectivity index (χ3v) is 9.05. The minimum absolute atomic E-state index is 0.0852. The van der Waals surface area contributed by atoms with Gasteiger partial charge in [0, 0.05) is 19.4 Å². The molecule has 1 saturated heterocycles. The summed E-state index contributed by atoms with van der Waals surface area (Å²) in [6.07, 6.45) is -1.53. The molecule has 12 heteroatoms. The highest BCUT2D eigenvalue weighted by Crippen LogP contribution is 2.33. The van der Waals surface area contributed by atoms with Crippen LogP contribution in [0, 0.1) is 0 Å². The molecule has 0 saturated carbocycles.